The molecule has 1 saturated heterocycles. The van der Waals surface area contributed by atoms with E-state index in [1.807, 2.05) is 55.3 Å². The fraction of sp³-hybridized carbons (Fsp3) is 0.409. The molecule has 0 bridgehead atoms. The van der Waals surface area contributed by atoms with Gasteiger partial charge in [-0.3, -0.25) is 9.48 Å². The second kappa shape index (κ2) is 7.36. The zero-order chi connectivity index (χ0) is 19.8. The first kappa shape index (κ1) is 18.6. The SMILES string of the molecule is Cc1nn(C)c2nc(C(C)C)cc(C(=O)N3CCO[C@@H](c4ccccc4)C3)c12. The number of benzene rings is 1. The van der Waals surface area contributed by atoms with Crippen molar-refractivity contribution in [3.63, 3.8) is 0 Å². The molecule has 146 valence electrons. The van der Waals surface area contributed by atoms with E-state index >= 15 is 0 Å². The van der Waals surface area contributed by atoms with Gasteiger partial charge in [-0.25, -0.2) is 4.98 Å². The number of pyridine rings is 1. The Balaban J connectivity index is 1.72. The Morgan fingerprint density at radius 3 is 2.71 bits per heavy atom. The lowest BCUT2D eigenvalue weighted by molar-refractivity contribution is -0.0227. The molecule has 0 spiro atoms. The molecule has 2 aromatic heterocycles. The quantitative estimate of drug-likeness (QED) is 0.698. The zero-order valence-electron chi connectivity index (χ0n) is 16.8. The van der Waals surface area contributed by atoms with Gasteiger partial charge in [0.1, 0.15) is 6.10 Å². The summed E-state index contributed by atoms with van der Waals surface area (Å²) in [6.45, 7) is 7.77. The minimum Gasteiger partial charge on any atom is -0.370 e. The molecule has 0 N–H and O–H groups in total. The molecule has 1 aliphatic rings. The van der Waals surface area contributed by atoms with Crippen LogP contribution in [0.5, 0.6) is 0 Å². The topological polar surface area (TPSA) is 60.2 Å². The first-order valence-electron chi connectivity index (χ1n) is 9.75. The van der Waals surface area contributed by atoms with E-state index in [9.17, 15) is 4.79 Å². The predicted molar refractivity (Wildman–Crippen MR) is 108 cm³/mol. The lowest BCUT2D eigenvalue weighted by Gasteiger charge is -2.33. The van der Waals surface area contributed by atoms with Crippen molar-refractivity contribution in [1.82, 2.24) is 19.7 Å². The average Bonchev–Trinajstić information content (AvgIpc) is 3.01. The minimum absolute atomic E-state index is 0.0228. The van der Waals surface area contributed by atoms with E-state index in [1.165, 1.54) is 0 Å². The van der Waals surface area contributed by atoms with Crippen LogP contribution in [0.15, 0.2) is 36.4 Å². The van der Waals surface area contributed by atoms with Gasteiger partial charge in [0.25, 0.3) is 5.91 Å². The van der Waals surface area contributed by atoms with Crippen LogP contribution >= 0.6 is 0 Å². The number of nitrogens with zero attached hydrogens (tertiary/aromatic N) is 4. The smallest absolute Gasteiger partial charge is 0.254 e. The molecule has 0 aliphatic carbocycles. The van der Waals surface area contributed by atoms with Crippen LogP contribution in [0.1, 0.15) is 53.2 Å². The summed E-state index contributed by atoms with van der Waals surface area (Å²) in [5, 5.41) is 5.35. The number of morpholine rings is 1. The minimum atomic E-state index is -0.101. The zero-order valence-corrected chi connectivity index (χ0v) is 16.8. The molecule has 1 aromatic carbocycles. The maximum atomic E-state index is 13.5. The number of fused-ring (bicyclic) bond motifs is 1. The van der Waals surface area contributed by atoms with Gasteiger partial charge in [0, 0.05) is 19.3 Å². The van der Waals surface area contributed by atoms with Crippen LogP contribution in [-0.2, 0) is 11.8 Å². The van der Waals surface area contributed by atoms with Gasteiger partial charge in [0.2, 0.25) is 0 Å². The van der Waals surface area contributed by atoms with Gasteiger partial charge in [-0.1, -0.05) is 44.2 Å². The highest BCUT2D eigenvalue weighted by atomic mass is 16.5. The monoisotopic (exact) mass is 378 g/mol. The largest absolute Gasteiger partial charge is 0.370 e. The summed E-state index contributed by atoms with van der Waals surface area (Å²) in [6, 6.07) is 12.0. The van der Waals surface area contributed by atoms with E-state index in [4.69, 9.17) is 9.72 Å². The molecule has 6 heteroatoms. The Morgan fingerprint density at radius 2 is 2.00 bits per heavy atom. The van der Waals surface area contributed by atoms with Gasteiger partial charge in [-0.2, -0.15) is 5.10 Å². The summed E-state index contributed by atoms with van der Waals surface area (Å²) in [5.74, 6) is 0.252. The average molecular weight is 378 g/mol. The predicted octanol–water partition coefficient (Wildman–Crippen LogP) is 3.61. The Hall–Kier alpha value is -2.73. The number of amides is 1. The molecule has 1 fully saturated rings. The van der Waals surface area contributed by atoms with Crippen molar-refractivity contribution in [2.75, 3.05) is 19.7 Å². The third-order valence-electron chi connectivity index (χ3n) is 5.34. The number of carbonyl (C=O) groups is 1. The van der Waals surface area contributed by atoms with E-state index < -0.39 is 0 Å². The van der Waals surface area contributed by atoms with Crippen molar-refractivity contribution in [3.05, 3.63) is 58.9 Å². The summed E-state index contributed by atoms with van der Waals surface area (Å²) in [5.41, 5.74) is 4.29. The van der Waals surface area contributed by atoms with E-state index in [-0.39, 0.29) is 17.9 Å². The summed E-state index contributed by atoms with van der Waals surface area (Å²) < 4.78 is 7.70. The first-order chi connectivity index (χ1) is 13.5. The van der Waals surface area contributed by atoms with Crippen molar-refractivity contribution >= 4 is 16.9 Å². The summed E-state index contributed by atoms with van der Waals surface area (Å²) >= 11 is 0. The van der Waals surface area contributed by atoms with Crippen LogP contribution in [0.4, 0.5) is 0 Å². The highest BCUT2D eigenvalue weighted by Gasteiger charge is 2.29. The van der Waals surface area contributed by atoms with Crippen molar-refractivity contribution in [2.24, 2.45) is 7.05 Å². The maximum absolute atomic E-state index is 13.5. The van der Waals surface area contributed by atoms with Crippen molar-refractivity contribution < 1.29 is 9.53 Å². The number of rotatable bonds is 3. The molecule has 0 radical (unpaired) electrons. The first-order valence-corrected chi connectivity index (χ1v) is 9.75. The Bertz CT molecular complexity index is 1010. The van der Waals surface area contributed by atoms with Gasteiger partial charge in [0.05, 0.1) is 29.8 Å². The molecule has 1 atom stereocenters. The molecule has 28 heavy (non-hydrogen) atoms. The maximum Gasteiger partial charge on any atom is 0.254 e. The third kappa shape index (κ3) is 3.29. The van der Waals surface area contributed by atoms with Crippen molar-refractivity contribution in [3.8, 4) is 0 Å². The van der Waals surface area contributed by atoms with Crippen molar-refractivity contribution in [2.45, 2.75) is 32.8 Å². The summed E-state index contributed by atoms with van der Waals surface area (Å²) in [6.07, 6.45) is -0.101. The van der Waals surface area contributed by atoms with E-state index in [0.29, 0.717) is 25.3 Å². The van der Waals surface area contributed by atoms with Crippen LogP contribution in [0, 0.1) is 6.92 Å². The van der Waals surface area contributed by atoms with Crippen molar-refractivity contribution in [1.29, 1.82) is 0 Å². The Morgan fingerprint density at radius 1 is 1.25 bits per heavy atom. The molecule has 1 amide bonds. The van der Waals surface area contributed by atoms with Gasteiger partial charge < -0.3 is 9.64 Å². The number of hydrogen-bond acceptors (Lipinski definition) is 4. The van der Waals surface area contributed by atoms with Crippen LogP contribution in [0.3, 0.4) is 0 Å². The Kier molecular flexibility index (Phi) is 4.89. The van der Waals surface area contributed by atoms with Crippen LogP contribution in [-0.4, -0.2) is 45.3 Å². The molecular formula is C22H26N4O2. The number of hydrogen-bond donors (Lipinski definition) is 0. The summed E-state index contributed by atoms with van der Waals surface area (Å²) in [7, 11) is 1.88. The van der Waals surface area contributed by atoms with Gasteiger partial charge in [-0.05, 0) is 24.5 Å². The number of aryl methyl sites for hydroxylation is 2. The molecule has 4 rings (SSSR count). The standard InChI is InChI=1S/C22H26N4O2/c1-14(2)18-12-17(20-15(3)24-25(4)21(20)23-18)22(27)26-10-11-28-19(13-26)16-8-6-5-7-9-16/h5-9,12,14,19H,10-11,13H2,1-4H3/t19-/m1/s1. The molecule has 0 saturated carbocycles. The molecular weight excluding hydrogens is 352 g/mol. The highest BCUT2D eigenvalue weighted by molar-refractivity contribution is 6.06. The van der Waals surface area contributed by atoms with E-state index in [1.54, 1.807) is 4.68 Å². The lowest BCUT2D eigenvalue weighted by Crippen LogP contribution is -2.42. The van der Waals surface area contributed by atoms with Crippen LogP contribution < -0.4 is 0 Å². The van der Waals surface area contributed by atoms with Gasteiger partial charge in [0.15, 0.2) is 5.65 Å². The number of aromatic nitrogens is 3. The third-order valence-corrected chi connectivity index (χ3v) is 5.34. The molecule has 6 nitrogen and oxygen atoms in total. The normalized spacial score (nSPS) is 17.5. The second-order valence-electron chi connectivity index (χ2n) is 7.68. The summed E-state index contributed by atoms with van der Waals surface area (Å²) in [4.78, 5) is 20.2. The Labute approximate surface area is 165 Å². The van der Waals surface area contributed by atoms with Gasteiger partial charge >= 0.3 is 0 Å². The highest BCUT2D eigenvalue weighted by Crippen LogP contribution is 2.28. The second-order valence-corrected chi connectivity index (χ2v) is 7.68. The lowest BCUT2D eigenvalue weighted by atomic mass is 10.0. The molecule has 3 aromatic rings. The van der Waals surface area contributed by atoms with E-state index in [0.717, 1.165) is 28.0 Å². The fourth-order valence-corrected chi connectivity index (χ4v) is 3.80. The fourth-order valence-electron chi connectivity index (χ4n) is 3.80. The molecule has 1 aliphatic heterocycles. The number of ether oxygens (including phenoxy) is 1. The van der Waals surface area contributed by atoms with E-state index in [2.05, 4.69) is 18.9 Å². The van der Waals surface area contributed by atoms with Gasteiger partial charge in [-0.15, -0.1) is 0 Å². The number of carbonyl (C=O) groups excluding carboxylic acids is 1. The molecule has 3 heterocycles. The molecule has 0 unspecified atom stereocenters. The van der Waals surface area contributed by atoms with Crippen LogP contribution in [0.25, 0.3) is 11.0 Å². The van der Waals surface area contributed by atoms with Crippen LogP contribution in [0.2, 0.25) is 0 Å².